The van der Waals surface area contributed by atoms with Crippen LogP contribution >= 0.6 is 0 Å². The minimum absolute atomic E-state index is 1.19. The van der Waals surface area contributed by atoms with Crippen LogP contribution in [-0.2, 0) is 12.8 Å². The third-order valence-corrected chi connectivity index (χ3v) is 3.63. The first kappa shape index (κ1) is 8.35. The van der Waals surface area contributed by atoms with Crippen molar-refractivity contribution in [3.63, 3.8) is 0 Å². The van der Waals surface area contributed by atoms with Crippen LogP contribution in [0.15, 0.2) is 42.5 Å². The molecule has 0 amide bonds. The van der Waals surface area contributed by atoms with Crippen LogP contribution < -0.4 is 0 Å². The molecule has 0 heterocycles. The maximum Gasteiger partial charge on any atom is -0.00210 e. The van der Waals surface area contributed by atoms with E-state index in [2.05, 4.69) is 48.5 Å². The summed E-state index contributed by atoms with van der Waals surface area (Å²) in [6.45, 7) is 0. The Labute approximate surface area is 94.5 Å². The van der Waals surface area contributed by atoms with Gasteiger partial charge in [0.25, 0.3) is 0 Å². The van der Waals surface area contributed by atoms with Gasteiger partial charge >= 0.3 is 0 Å². The standard InChI is InChI=1S/C16H11/c1-2-6-14-12(4-1)10-13-9-8-11-5-3-7-15(14)16(11)13/h1-6,10H,8-9H2. The predicted molar refractivity (Wildman–Crippen MR) is 67.7 cm³/mol. The molecule has 0 bridgehead atoms. The molecule has 1 aliphatic rings. The highest BCUT2D eigenvalue weighted by molar-refractivity contribution is 6.10. The number of aryl methyl sites for hydroxylation is 2. The molecule has 0 heteroatoms. The minimum atomic E-state index is 1.19. The summed E-state index contributed by atoms with van der Waals surface area (Å²) >= 11 is 0. The van der Waals surface area contributed by atoms with Gasteiger partial charge in [0.1, 0.15) is 0 Å². The highest BCUT2D eigenvalue weighted by Crippen LogP contribution is 2.35. The molecule has 4 rings (SSSR count). The van der Waals surface area contributed by atoms with Crippen molar-refractivity contribution in [1.82, 2.24) is 0 Å². The van der Waals surface area contributed by atoms with E-state index >= 15 is 0 Å². The van der Waals surface area contributed by atoms with E-state index in [9.17, 15) is 0 Å². The van der Waals surface area contributed by atoms with Gasteiger partial charge in [-0.3, -0.25) is 0 Å². The summed E-state index contributed by atoms with van der Waals surface area (Å²) < 4.78 is 0. The monoisotopic (exact) mass is 203 g/mol. The van der Waals surface area contributed by atoms with Crippen molar-refractivity contribution in [2.45, 2.75) is 12.8 Å². The van der Waals surface area contributed by atoms with Crippen molar-refractivity contribution in [3.05, 3.63) is 59.7 Å². The normalized spacial score (nSPS) is 13.8. The highest BCUT2D eigenvalue weighted by Gasteiger charge is 2.15. The van der Waals surface area contributed by atoms with E-state index in [-0.39, 0.29) is 0 Å². The van der Waals surface area contributed by atoms with Gasteiger partial charge in [0.15, 0.2) is 0 Å². The highest BCUT2D eigenvalue weighted by atomic mass is 14.2. The second kappa shape index (κ2) is 2.85. The van der Waals surface area contributed by atoms with E-state index in [0.717, 1.165) is 0 Å². The third kappa shape index (κ3) is 0.943. The van der Waals surface area contributed by atoms with Crippen molar-refractivity contribution in [3.8, 4) is 0 Å². The Balaban J connectivity index is 2.36. The number of rotatable bonds is 0. The van der Waals surface area contributed by atoms with Gasteiger partial charge in [-0.05, 0) is 51.6 Å². The summed E-state index contributed by atoms with van der Waals surface area (Å²) in [7, 11) is 0. The van der Waals surface area contributed by atoms with Crippen LogP contribution in [0.2, 0.25) is 0 Å². The van der Waals surface area contributed by atoms with Crippen LogP contribution in [0.5, 0.6) is 0 Å². The largest absolute Gasteiger partial charge is 0.0616 e. The van der Waals surface area contributed by atoms with E-state index in [4.69, 9.17) is 0 Å². The lowest BCUT2D eigenvalue weighted by Crippen LogP contribution is -1.82. The first-order valence-corrected chi connectivity index (χ1v) is 5.77. The summed E-state index contributed by atoms with van der Waals surface area (Å²) in [5.41, 5.74) is 3.00. The Hall–Kier alpha value is -1.82. The van der Waals surface area contributed by atoms with Crippen molar-refractivity contribution in [2.24, 2.45) is 0 Å². The van der Waals surface area contributed by atoms with Gasteiger partial charge in [0.2, 0.25) is 0 Å². The predicted octanol–water partition coefficient (Wildman–Crippen LogP) is 3.89. The fourth-order valence-electron chi connectivity index (χ4n) is 2.91. The summed E-state index contributed by atoms with van der Waals surface area (Å²) in [5.74, 6) is 0. The molecule has 3 aromatic rings. The molecule has 1 radical (unpaired) electrons. The van der Waals surface area contributed by atoms with E-state index in [1.807, 2.05) is 0 Å². The Morgan fingerprint density at radius 3 is 2.81 bits per heavy atom. The van der Waals surface area contributed by atoms with Gasteiger partial charge in [-0.2, -0.15) is 0 Å². The quantitative estimate of drug-likeness (QED) is 0.486. The lowest BCUT2D eigenvalue weighted by Gasteiger charge is -2.06. The van der Waals surface area contributed by atoms with Crippen LogP contribution in [0, 0.1) is 6.07 Å². The van der Waals surface area contributed by atoms with Crippen molar-refractivity contribution in [2.75, 3.05) is 0 Å². The molecule has 0 fully saturated rings. The molecule has 1 aliphatic carbocycles. The van der Waals surface area contributed by atoms with Crippen LogP contribution in [0.1, 0.15) is 11.1 Å². The van der Waals surface area contributed by atoms with Gasteiger partial charge in [-0.25, -0.2) is 0 Å². The molecule has 0 saturated heterocycles. The molecule has 75 valence electrons. The minimum Gasteiger partial charge on any atom is -0.0616 e. The van der Waals surface area contributed by atoms with Gasteiger partial charge in [0.05, 0.1) is 0 Å². The molecule has 0 spiro atoms. The molecule has 16 heavy (non-hydrogen) atoms. The Bertz CT molecular complexity index is 708. The maximum absolute atomic E-state index is 3.42. The molecule has 0 atom stereocenters. The van der Waals surface area contributed by atoms with Crippen LogP contribution in [0.3, 0.4) is 0 Å². The topological polar surface area (TPSA) is 0 Å². The molecule has 0 aromatic heterocycles. The van der Waals surface area contributed by atoms with Crippen LogP contribution in [-0.4, -0.2) is 0 Å². The zero-order valence-corrected chi connectivity index (χ0v) is 8.96. The number of fused-ring (bicyclic) bond motifs is 2. The molecule has 0 unspecified atom stereocenters. The average Bonchev–Trinajstić information content (AvgIpc) is 2.75. The molecule has 3 aromatic carbocycles. The summed E-state index contributed by atoms with van der Waals surface area (Å²) in [5, 5.41) is 5.45. The second-order valence-electron chi connectivity index (χ2n) is 4.51. The van der Waals surface area contributed by atoms with E-state index in [0.29, 0.717) is 0 Å². The zero-order chi connectivity index (χ0) is 10.5. The van der Waals surface area contributed by atoms with Gasteiger partial charge in [-0.1, -0.05) is 42.5 Å². The first-order valence-electron chi connectivity index (χ1n) is 5.77. The Kier molecular flexibility index (Phi) is 1.49. The fraction of sp³-hybridized carbons (Fsp3) is 0.125. The smallest absolute Gasteiger partial charge is 0.00210 e. The molecule has 0 nitrogen and oxygen atoms in total. The summed E-state index contributed by atoms with van der Waals surface area (Å²) in [6, 6.07) is 18.7. The SMILES string of the molecule is [c]1ccc2c3c(cc4ccccc4c13)CC2. The summed E-state index contributed by atoms with van der Waals surface area (Å²) in [6.07, 6.45) is 2.38. The Morgan fingerprint density at radius 1 is 0.938 bits per heavy atom. The number of hydrogen-bond donors (Lipinski definition) is 0. The van der Waals surface area contributed by atoms with Crippen molar-refractivity contribution in [1.29, 1.82) is 0 Å². The molecule has 0 aliphatic heterocycles. The van der Waals surface area contributed by atoms with E-state index in [1.165, 1.54) is 45.5 Å². The van der Waals surface area contributed by atoms with Crippen molar-refractivity contribution < 1.29 is 0 Å². The van der Waals surface area contributed by atoms with Gasteiger partial charge in [0, 0.05) is 0 Å². The molecular weight excluding hydrogens is 192 g/mol. The molecule has 0 saturated carbocycles. The van der Waals surface area contributed by atoms with Crippen molar-refractivity contribution >= 4 is 21.5 Å². The number of hydrogen-bond acceptors (Lipinski definition) is 0. The molecule has 0 N–H and O–H groups in total. The summed E-state index contributed by atoms with van der Waals surface area (Å²) in [4.78, 5) is 0. The Morgan fingerprint density at radius 2 is 1.81 bits per heavy atom. The zero-order valence-electron chi connectivity index (χ0n) is 8.96. The van der Waals surface area contributed by atoms with Gasteiger partial charge in [-0.15, -0.1) is 0 Å². The molecular formula is C16H11. The van der Waals surface area contributed by atoms with Crippen LogP contribution in [0.25, 0.3) is 21.5 Å². The first-order chi connectivity index (χ1) is 7.93. The van der Waals surface area contributed by atoms with Gasteiger partial charge < -0.3 is 0 Å². The maximum atomic E-state index is 3.42. The third-order valence-electron chi connectivity index (χ3n) is 3.63. The second-order valence-corrected chi connectivity index (χ2v) is 4.51. The number of benzene rings is 3. The fourth-order valence-corrected chi connectivity index (χ4v) is 2.91. The van der Waals surface area contributed by atoms with E-state index in [1.54, 1.807) is 0 Å². The average molecular weight is 203 g/mol. The lowest BCUT2D eigenvalue weighted by molar-refractivity contribution is 1.03. The van der Waals surface area contributed by atoms with Crippen LogP contribution in [0.4, 0.5) is 0 Å². The van der Waals surface area contributed by atoms with E-state index < -0.39 is 0 Å². The lowest BCUT2D eigenvalue weighted by atomic mass is 9.98.